The number of hydrogen-bond acceptors (Lipinski definition) is 4. The highest BCUT2D eigenvalue weighted by Crippen LogP contribution is 2.34. The van der Waals surface area contributed by atoms with Gasteiger partial charge in [-0.25, -0.2) is 0 Å². The second-order valence-corrected chi connectivity index (χ2v) is 8.85. The second-order valence-electron chi connectivity index (χ2n) is 7.84. The van der Waals surface area contributed by atoms with Crippen molar-refractivity contribution in [1.29, 1.82) is 0 Å². The fourth-order valence-electron chi connectivity index (χ4n) is 4.01. The van der Waals surface area contributed by atoms with Gasteiger partial charge in [0.25, 0.3) is 0 Å². The molecule has 2 aromatic rings. The minimum absolute atomic E-state index is 0.0377. The van der Waals surface area contributed by atoms with E-state index >= 15 is 0 Å². The van der Waals surface area contributed by atoms with Crippen LogP contribution in [-0.4, -0.2) is 66.0 Å². The van der Waals surface area contributed by atoms with E-state index in [4.69, 9.17) is 0 Å². The lowest BCUT2D eigenvalue weighted by molar-refractivity contribution is -0.139. The molecule has 4 rings (SSSR count). The summed E-state index contributed by atoms with van der Waals surface area (Å²) in [6.07, 6.45) is 2.25. The lowest BCUT2D eigenvalue weighted by Crippen LogP contribution is -2.53. The van der Waals surface area contributed by atoms with Gasteiger partial charge < -0.3 is 14.7 Å². The van der Waals surface area contributed by atoms with Crippen molar-refractivity contribution >= 4 is 35.2 Å². The second kappa shape index (κ2) is 10.0. The molecule has 0 unspecified atom stereocenters. The van der Waals surface area contributed by atoms with Crippen LogP contribution in [0.25, 0.3) is 0 Å². The first-order chi connectivity index (χ1) is 15.1. The van der Waals surface area contributed by atoms with E-state index in [1.54, 1.807) is 9.80 Å². The number of para-hydroxylation sites is 1. The lowest BCUT2D eigenvalue weighted by atomic mass is 10.1. The quantitative estimate of drug-likeness (QED) is 0.697. The van der Waals surface area contributed by atoms with E-state index in [9.17, 15) is 14.4 Å². The number of carbonyl (C=O) groups excluding carboxylic acids is 3. The van der Waals surface area contributed by atoms with E-state index in [0.29, 0.717) is 38.4 Å². The van der Waals surface area contributed by atoms with E-state index in [2.05, 4.69) is 12.1 Å². The fourth-order valence-corrected chi connectivity index (χ4v) is 4.95. The van der Waals surface area contributed by atoms with Crippen LogP contribution in [0.15, 0.2) is 59.5 Å². The van der Waals surface area contributed by atoms with Gasteiger partial charge in [-0.2, -0.15) is 0 Å². The van der Waals surface area contributed by atoms with Gasteiger partial charge in [0.2, 0.25) is 17.7 Å². The molecule has 0 aromatic heterocycles. The molecule has 0 aliphatic carbocycles. The van der Waals surface area contributed by atoms with Crippen LogP contribution in [0, 0.1) is 0 Å². The molecule has 2 aliphatic rings. The number of thioether (sulfide) groups is 1. The van der Waals surface area contributed by atoms with E-state index in [1.165, 1.54) is 17.3 Å². The Morgan fingerprint density at radius 1 is 0.839 bits per heavy atom. The number of aryl methyl sites for hydroxylation is 1. The average molecular weight is 438 g/mol. The molecule has 3 amide bonds. The van der Waals surface area contributed by atoms with Crippen molar-refractivity contribution in [3.05, 3.63) is 60.2 Å². The molecule has 0 saturated carbocycles. The Bertz CT molecular complexity index is 942. The number of carbonyl (C=O) groups is 3. The Morgan fingerprint density at radius 2 is 1.48 bits per heavy atom. The predicted molar refractivity (Wildman–Crippen MR) is 122 cm³/mol. The zero-order valence-corrected chi connectivity index (χ0v) is 18.4. The zero-order chi connectivity index (χ0) is 21.6. The Hall–Kier alpha value is -2.80. The zero-order valence-electron chi connectivity index (χ0n) is 17.5. The Balaban J connectivity index is 1.24. The number of anilines is 1. The SMILES string of the molecule is O=C(CCCc1ccccc1)N1CCN(C(=O)CN2C(=O)CSc3ccccc32)CC1. The van der Waals surface area contributed by atoms with Gasteiger partial charge in [-0.05, 0) is 30.5 Å². The third kappa shape index (κ3) is 5.28. The van der Waals surface area contributed by atoms with E-state index in [1.807, 2.05) is 47.4 Å². The maximum Gasteiger partial charge on any atom is 0.242 e. The van der Waals surface area contributed by atoms with Crippen LogP contribution in [0.4, 0.5) is 5.69 Å². The van der Waals surface area contributed by atoms with Gasteiger partial charge in [0, 0.05) is 37.5 Å². The summed E-state index contributed by atoms with van der Waals surface area (Å²) in [5, 5.41) is 0. The monoisotopic (exact) mass is 437 g/mol. The largest absolute Gasteiger partial charge is 0.339 e. The number of nitrogens with zero attached hydrogens (tertiary/aromatic N) is 3. The van der Waals surface area contributed by atoms with Crippen molar-refractivity contribution in [3.63, 3.8) is 0 Å². The van der Waals surface area contributed by atoms with E-state index in [-0.39, 0.29) is 24.3 Å². The molecule has 0 atom stereocenters. The molecule has 0 radical (unpaired) electrons. The minimum Gasteiger partial charge on any atom is -0.339 e. The lowest BCUT2D eigenvalue weighted by Gasteiger charge is -2.36. The number of piperazine rings is 1. The molecule has 7 heteroatoms. The molecule has 0 spiro atoms. The molecule has 0 N–H and O–H groups in total. The van der Waals surface area contributed by atoms with Crippen LogP contribution in [0.1, 0.15) is 18.4 Å². The average Bonchev–Trinajstić information content (AvgIpc) is 2.81. The van der Waals surface area contributed by atoms with Gasteiger partial charge >= 0.3 is 0 Å². The van der Waals surface area contributed by atoms with Crippen LogP contribution in [0.5, 0.6) is 0 Å². The maximum atomic E-state index is 12.8. The molecular weight excluding hydrogens is 410 g/mol. The normalized spacial score (nSPS) is 16.3. The summed E-state index contributed by atoms with van der Waals surface area (Å²) in [5.74, 6) is 0.408. The maximum absolute atomic E-state index is 12.8. The van der Waals surface area contributed by atoms with Crippen molar-refractivity contribution in [3.8, 4) is 0 Å². The van der Waals surface area contributed by atoms with Crippen molar-refractivity contribution in [2.45, 2.75) is 24.2 Å². The molecular formula is C24H27N3O3S. The summed E-state index contributed by atoms with van der Waals surface area (Å²) >= 11 is 1.51. The summed E-state index contributed by atoms with van der Waals surface area (Å²) < 4.78 is 0. The van der Waals surface area contributed by atoms with Gasteiger partial charge in [0.05, 0.1) is 11.4 Å². The molecule has 6 nitrogen and oxygen atoms in total. The number of benzene rings is 2. The standard InChI is InChI=1S/C24H27N3O3S/c28-22(12-6-9-19-7-2-1-3-8-19)25-13-15-26(16-14-25)23(29)17-27-20-10-4-5-11-21(20)31-18-24(27)30/h1-5,7-8,10-11H,6,9,12-18H2. The molecule has 1 fully saturated rings. The molecule has 31 heavy (non-hydrogen) atoms. The summed E-state index contributed by atoms with van der Waals surface area (Å²) in [5.41, 5.74) is 2.06. The summed E-state index contributed by atoms with van der Waals surface area (Å²) in [4.78, 5) is 44.0. The number of hydrogen-bond donors (Lipinski definition) is 0. The molecule has 2 heterocycles. The molecule has 162 valence electrons. The first-order valence-corrected chi connectivity index (χ1v) is 11.7. The predicted octanol–water partition coefficient (Wildman–Crippen LogP) is 2.82. The van der Waals surface area contributed by atoms with Gasteiger partial charge in [0.1, 0.15) is 6.54 Å². The summed E-state index contributed by atoms with van der Waals surface area (Å²) in [6, 6.07) is 17.9. The third-order valence-electron chi connectivity index (χ3n) is 5.79. The van der Waals surface area contributed by atoms with E-state index in [0.717, 1.165) is 23.4 Å². The fraction of sp³-hybridized carbons (Fsp3) is 0.375. The molecule has 2 aromatic carbocycles. The topological polar surface area (TPSA) is 60.9 Å². The highest BCUT2D eigenvalue weighted by molar-refractivity contribution is 8.00. The molecule has 1 saturated heterocycles. The summed E-state index contributed by atoms with van der Waals surface area (Å²) in [6.45, 7) is 2.19. The van der Waals surface area contributed by atoms with Crippen molar-refractivity contribution in [2.75, 3.05) is 43.4 Å². The van der Waals surface area contributed by atoms with Crippen molar-refractivity contribution < 1.29 is 14.4 Å². The van der Waals surface area contributed by atoms with Gasteiger partial charge in [-0.1, -0.05) is 42.5 Å². The van der Waals surface area contributed by atoms with Crippen molar-refractivity contribution in [1.82, 2.24) is 9.80 Å². The molecule has 0 bridgehead atoms. The van der Waals surface area contributed by atoms with Crippen molar-refractivity contribution in [2.24, 2.45) is 0 Å². The van der Waals surface area contributed by atoms with Gasteiger partial charge in [-0.15, -0.1) is 11.8 Å². The van der Waals surface area contributed by atoms with Crippen LogP contribution < -0.4 is 4.90 Å². The smallest absolute Gasteiger partial charge is 0.242 e. The van der Waals surface area contributed by atoms with Crippen LogP contribution in [0.3, 0.4) is 0 Å². The van der Waals surface area contributed by atoms with Crippen LogP contribution in [0.2, 0.25) is 0 Å². The Morgan fingerprint density at radius 3 is 2.23 bits per heavy atom. The van der Waals surface area contributed by atoms with Gasteiger partial charge in [0.15, 0.2) is 0 Å². The number of fused-ring (bicyclic) bond motifs is 1. The third-order valence-corrected chi connectivity index (χ3v) is 6.83. The van der Waals surface area contributed by atoms with Gasteiger partial charge in [-0.3, -0.25) is 14.4 Å². The minimum atomic E-state index is -0.0637. The van der Waals surface area contributed by atoms with Crippen LogP contribution >= 0.6 is 11.8 Å². The first-order valence-electron chi connectivity index (χ1n) is 10.7. The highest BCUT2D eigenvalue weighted by Gasteiger charge is 2.30. The Labute approximate surface area is 187 Å². The molecule has 2 aliphatic heterocycles. The Kier molecular flexibility index (Phi) is 6.92. The number of rotatable bonds is 6. The number of amides is 3. The summed E-state index contributed by atoms with van der Waals surface area (Å²) in [7, 11) is 0. The van der Waals surface area contributed by atoms with Crippen LogP contribution in [-0.2, 0) is 20.8 Å². The van der Waals surface area contributed by atoms with E-state index < -0.39 is 0 Å². The first kappa shape index (κ1) is 21.4. The highest BCUT2D eigenvalue weighted by atomic mass is 32.2.